The number of benzene rings is 1. The van der Waals surface area contributed by atoms with Gasteiger partial charge < -0.3 is 10.0 Å². The van der Waals surface area contributed by atoms with Crippen molar-refractivity contribution in [3.63, 3.8) is 0 Å². The Kier molecular flexibility index (Phi) is 3.19. The van der Waals surface area contributed by atoms with E-state index < -0.39 is 0 Å². The summed E-state index contributed by atoms with van der Waals surface area (Å²) in [6.45, 7) is 0. The highest BCUT2D eigenvalue weighted by Crippen LogP contribution is 2.31. The number of thioether (sulfide) groups is 1. The van der Waals surface area contributed by atoms with Crippen LogP contribution in [0.25, 0.3) is 6.08 Å². The molecule has 1 aromatic carbocycles. The van der Waals surface area contributed by atoms with Gasteiger partial charge in [0, 0.05) is 19.7 Å². The molecule has 1 aromatic rings. The number of aliphatic imine (C=N–C) groups is 1. The number of hydrogen-bond acceptors (Lipinski definition) is 4. The van der Waals surface area contributed by atoms with Gasteiger partial charge in [-0.1, -0.05) is 18.2 Å². The van der Waals surface area contributed by atoms with Crippen molar-refractivity contribution in [2.24, 2.45) is 4.99 Å². The summed E-state index contributed by atoms with van der Waals surface area (Å²) >= 11 is 1.31. The van der Waals surface area contributed by atoms with E-state index in [9.17, 15) is 9.90 Å². The quantitative estimate of drug-likeness (QED) is 0.771. The van der Waals surface area contributed by atoms with Gasteiger partial charge in [-0.25, -0.2) is 0 Å². The van der Waals surface area contributed by atoms with Crippen LogP contribution in [0.2, 0.25) is 0 Å². The first-order valence-corrected chi connectivity index (χ1v) is 5.87. The number of amides is 1. The second kappa shape index (κ2) is 4.63. The van der Waals surface area contributed by atoms with Gasteiger partial charge in [0.05, 0.1) is 4.91 Å². The minimum absolute atomic E-state index is 0.159. The summed E-state index contributed by atoms with van der Waals surface area (Å²) in [5.74, 6) is -0.103. The molecule has 1 aliphatic heterocycles. The maximum Gasteiger partial charge on any atom is 0.286 e. The molecular weight excluding hydrogens is 236 g/mol. The molecular formula is C12H12N2O2S. The Hall–Kier alpha value is -1.75. The van der Waals surface area contributed by atoms with Crippen LogP contribution >= 0.6 is 11.8 Å². The van der Waals surface area contributed by atoms with Crippen LogP contribution in [-0.2, 0) is 4.79 Å². The molecule has 0 unspecified atom stereocenters. The zero-order valence-corrected chi connectivity index (χ0v) is 10.4. The molecule has 0 bridgehead atoms. The SMILES string of the molecule is CN(C)C1=NC(=O)C(=Cc2ccccc2O)S1. The lowest BCUT2D eigenvalue weighted by molar-refractivity contribution is -0.113. The van der Waals surface area contributed by atoms with Gasteiger partial charge in [-0.3, -0.25) is 4.79 Å². The average molecular weight is 248 g/mol. The maximum absolute atomic E-state index is 11.6. The molecule has 0 fully saturated rings. The molecule has 88 valence electrons. The molecule has 0 aromatic heterocycles. The average Bonchev–Trinajstić information content (AvgIpc) is 2.64. The van der Waals surface area contributed by atoms with Crippen molar-refractivity contribution in [2.45, 2.75) is 0 Å². The second-order valence-corrected chi connectivity index (χ2v) is 4.77. The van der Waals surface area contributed by atoms with Crippen molar-refractivity contribution in [3.05, 3.63) is 34.7 Å². The van der Waals surface area contributed by atoms with Crippen molar-refractivity contribution < 1.29 is 9.90 Å². The van der Waals surface area contributed by atoms with E-state index in [0.717, 1.165) is 0 Å². The van der Waals surface area contributed by atoms with Gasteiger partial charge in [0.25, 0.3) is 5.91 Å². The summed E-state index contributed by atoms with van der Waals surface area (Å²) in [6.07, 6.45) is 1.66. The molecule has 5 heteroatoms. The number of carbonyl (C=O) groups is 1. The van der Waals surface area contributed by atoms with Gasteiger partial charge in [0.15, 0.2) is 5.17 Å². The molecule has 1 N–H and O–H groups in total. The van der Waals surface area contributed by atoms with Crippen LogP contribution in [0.4, 0.5) is 0 Å². The fourth-order valence-corrected chi connectivity index (χ4v) is 2.17. The van der Waals surface area contributed by atoms with E-state index in [-0.39, 0.29) is 11.7 Å². The third kappa shape index (κ3) is 2.50. The van der Waals surface area contributed by atoms with E-state index in [0.29, 0.717) is 15.6 Å². The van der Waals surface area contributed by atoms with Crippen molar-refractivity contribution in [2.75, 3.05) is 14.1 Å². The molecule has 4 nitrogen and oxygen atoms in total. The molecule has 0 saturated heterocycles. The lowest BCUT2D eigenvalue weighted by Crippen LogP contribution is -2.16. The van der Waals surface area contributed by atoms with E-state index >= 15 is 0 Å². The van der Waals surface area contributed by atoms with Crippen molar-refractivity contribution >= 4 is 28.9 Å². The standard InChI is InChI=1S/C12H12N2O2S/c1-14(2)12-13-11(16)10(17-12)7-8-5-3-4-6-9(8)15/h3-7,15H,1-2H3. The number of nitrogens with zero attached hydrogens (tertiary/aromatic N) is 2. The molecule has 1 amide bonds. The number of hydrogen-bond donors (Lipinski definition) is 1. The minimum Gasteiger partial charge on any atom is -0.507 e. The Balaban J connectivity index is 2.27. The third-order valence-electron chi connectivity index (χ3n) is 2.22. The van der Waals surface area contributed by atoms with Crippen LogP contribution in [0.15, 0.2) is 34.2 Å². The number of phenols is 1. The third-order valence-corrected chi connectivity index (χ3v) is 3.37. The van der Waals surface area contributed by atoms with E-state index in [1.54, 1.807) is 29.2 Å². The zero-order chi connectivity index (χ0) is 12.4. The first kappa shape index (κ1) is 11.7. The summed E-state index contributed by atoms with van der Waals surface area (Å²) in [5, 5.41) is 10.3. The first-order valence-electron chi connectivity index (χ1n) is 5.06. The number of phenolic OH excluding ortho intramolecular Hbond substituents is 1. The normalized spacial score (nSPS) is 17.4. The number of amidine groups is 1. The van der Waals surface area contributed by atoms with Crippen LogP contribution in [0.1, 0.15) is 5.56 Å². The smallest absolute Gasteiger partial charge is 0.286 e. The minimum atomic E-state index is -0.262. The van der Waals surface area contributed by atoms with Gasteiger partial charge in [-0.2, -0.15) is 4.99 Å². The van der Waals surface area contributed by atoms with Crippen molar-refractivity contribution in [1.29, 1.82) is 0 Å². The zero-order valence-electron chi connectivity index (χ0n) is 9.54. The first-order chi connectivity index (χ1) is 8.08. The van der Waals surface area contributed by atoms with Gasteiger partial charge in [-0.15, -0.1) is 0 Å². The predicted molar refractivity (Wildman–Crippen MR) is 69.8 cm³/mol. The summed E-state index contributed by atoms with van der Waals surface area (Å²) in [7, 11) is 3.67. The Labute approximate surface area is 104 Å². The molecule has 0 aliphatic carbocycles. The van der Waals surface area contributed by atoms with E-state index in [4.69, 9.17) is 0 Å². The highest BCUT2D eigenvalue weighted by Gasteiger charge is 2.23. The van der Waals surface area contributed by atoms with Crippen LogP contribution < -0.4 is 0 Å². The van der Waals surface area contributed by atoms with Gasteiger partial charge in [0.1, 0.15) is 5.75 Å². The van der Waals surface area contributed by atoms with E-state index in [2.05, 4.69) is 4.99 Å². The van der Waals surface area contributed by atoms with E-state index in [1.165, 1.54) is 11.8 Å². The molecule has 17 heavy (non-hydrogen) atoms. The maximum atomic E-state index is 11.6. The Morgan fingerprint density at radius 2 is 2.06 bits per heavy atom. The fraction of sp³-hybridized carbons (Fsp3) is 0.167. The van der Waals surface area contributed by atoms with Crippen LogP contribution in [-0.4, -0.2) is 35.2 Å². The van der Waals surface area contributed by atoms with Crippen LogP contribution in [0, 0.1) is 0 Å². The Bertz CT molecular complexity index is 521. The number of aromatic hydroxyl groups is 1. The molecule has 2 rings (SSSR count). The van der Waals surface area contributed by atoms with Crippen molar-refractivity contribution in [1.82, 2.24) is 4.90 Å². The van der Waals surface area contributed by atoms with E-state index in [1.807, 2.05) is 20.2 Å². The summed E-state index contributed by atoms with van der Waals surface area (Å²) in [4.78, 5) is 17.8. The van der Waals surface area contributed by atoms with Gasteiger partial charge >= 0.3 is 0 Å². The molecule has 0 radical (unpaired) electrons. The van der Waals surface area contributed by atoms with Crippen molar-refractivity contribution in [3.8, 4) is 5.75 Å². The monoisotopic (exact) mass is 248 g/mol. The molecule has 0 spiro atoms. The summed E-state index contributed by atoms with van der Waals surface area (Å²) < 4.78 is 0. The highest BCUT2D eigenvalue weighted by atomic mass is 32.2. The van der Waals surface area contributed by atoms with Gasteiger partial charge in [-0.05, 0) is 23.9 Å². The Morgan fingerprint density at radius 3 is 2.65 bits per heavy atom. The summed E-state index contributed by atoms with van der Waals surface area (Å²) in [6, 6.07) is 6.89. The molecule has 0 atom stereocenters. The lowest BCUT2D eigenvalue weighted by atomic mass is 10.2. The Morgan fingerprint density at radius 1 is 1.35 bits per heavy atom. The highest BCUT2D eigenvalue weighted by molar-refractivity contribution is 8.18. The lowest BCUT2D eigenvalue weighted by Gasteiger charge is -2.08. The number of rotatable bonds is 1. The van der Waals surface area contributed by atoms with Crippen LogP contribution in [0.5, 0.6) is 5.75 Å². The topological polar surface area (TPSA) is 52.9 Å². The number of carbonyl (C=O) groups excluding carboxylic acids is 1. The molecule has 1 aliphatic rings. The van der Waals surface area contributed by atoms with Gasteiger partial charge in [0.2, 0.25) is 0 Å². The second-order valence-electron chi connectivity index (χ2n) is 3.76. The molecule has 1 heterocycles. The summed E-state index contributed by atoms with van der Waals surface area (Å²) in [5.41, 5.74) is 0.624. The molecule has 0 saturated carbocycles. The fourth-order valence-electron chi connectivity index (χ4n) is 1.34. The van der Waals surface area contributed by atoms with Crippen LogP contribution in [0.3, 0.4) is 0 Å². The predicted octanol–water partition coefficient (Wildman–Crippen LogP) is 1.92. The number of para-hydroxylation sites is 1. The largest absolute Gasteiger partial charge is 0.507 e.